The molecule has 6 heteroatoms. The molecule has 4 atom stereocenters. The van der Waals surface area contributed by atoms with Gasteiger partial charge in [0.2, 0.25) is 5.91 Å². The molecule has 140 valence electrons. The second-order valence-corrected chi connectivity index (χ2v) is 8.29. The third-order valence-corrected chi connectivity index (χ3v) is 6.58. The average molecular weight is 390 g/mol. The molecule has 2 bridgehead atoms. The molecule has 2 aliphatic rings. The van der Waals surface area contributed by atoms with E-state index in [0.29, 0.717) is 5.13 Å². The van der Waals surface area contributed by atoms with Crippen molar-refractivity contribution in [2.24, 2.45) is 23.7 Å². The lowest BCUT2D eigenvalue weighted by atomic mass is 9.82. The fraction of sp³-hybridized carbons (Fsp3) is 0.227. The number of fused-ring (bicyclic) bond motifs is 3. The summed E-state index contributed by atoms with van der Waals surface area (Å²) >= 11 is 1.36. The summed E-state index contributed by atoms with van der Waals surface area (Å²) in [5.74, 6) is -2.35. The quantitative estimate of drug-likeness (QED) is 0.646. The number of carbonyl (C=O) groups is 2. The third kappa shape index (κ3) is 2.81. The molecule has 0 unspecified atom stereocenters. The molecule has 0 saturated heterocycles. The van der Waals surface area contributed by atoms with Crippen molar-refractivity contribution in [1.29, 1.82) is 0 Å². The van der Waals surface area contributed by atoms with E-state index < -0.39 is 17.8 Å². The van der Waals surface area contributed by atoms with E-state index >= 15 is 0 Å². The monoisotopic (exact) mass is 390 g/mol. The topological polar surface area (TPSA) is 79.3 Å². The number of anilines is 1. The number of benzene rings is 2. The van der Waals surface area contributed by atoms with Crippen LogP contribution in [0.25, 0.3) is 22.0 Å². The molecule has 28 heavy (non-hydrogen) atoms. The van der Waals surface area contributed by atoms with E-state index in [1.54, 1.807) is 0 Å². The van der Waals surface area contributed by atoms with Gasteiger partial charge < -0.3 is 10.4 Å². The zero-order valence-electron chi connectivity index (χ0n) is 14.9. The fourth-order valence-electron chi connectivity index (χ4n) is 4.52. The number of aromatic nitrogens is 1. The molecule has 5 rings (SSSR count). The molecule has 5 nitrogen and oxygen atoms in total. The maximum Gasteiger partial charge on any atom is 0.307 e. The molecule has 2 N–H and O–H groups in total. The molecule has 1 saturated carbocycles. The number of amides is 1. The number of aliphatic carboxylic acids is 1. The SMILES string of the molecule is O=C(Nc1nc(-c2ccc3ccccc3c2)cs1)[C@@H]1[C@@H](C(=O)O)[C@H]2C=C[C@@H]1C2. The standard InChI is InChI=1S/C22H18N2O3S/c25-20(18-15-7-8-16(10-15)19(18)21(26)27)24-22-23-17(11-28-22)14-6-5-12-3-1-2-4-13(12)9-14/h1-9,11,15-16,18-19H,10H2,(H,26,27)(H,23,24,25)/t15-,16+,18+,19+/m1/s1. The maximum absolute atomic E-state index is 12.8. The van der Waals surface area contributed by atoms with Crippen LogP contribution < -0.4 is 5.32 Å². The van der Waals surface area contributed by atoms with Crippen LogP contribution >= 0.6 is 11.3 Å². The van der Waals surface area contributed by atoms with Gasteiger partial charge in [0.25, 0.3) is 0 Å². The molecule has 0 aliphatic heterocycles. The second-order valence-electron chi connectivity index (χ2n) is 7.43. The molecule has 0 spiro atoms. The van der Waals surface area contributed by atoms with Gasteiger partial charge in [0, 0.05) is 10.9 Å². The number of carbonyl (C=O) groups excluding carboxylic acids is 1. The number of nitrogens with zero attached hydrogens (tertiary/aromatic N) is 1. The molecule has 3 aromatic rings. The van der Waals surface area contributed by atoms with Crippen molar-refractivity contribution in [3.05, 3.63) is 60.0 Å². The van der Waals surface area contributed by atoms with Gasteiger partial charge in [0.15, 0.2) is 5.13 Å². The highest BCUT2D eigenvalue weighted by molar-refractivity contribution is 7.14. The Labute approximate surface area is 165 Å². The van der Waals surface area contributed by atoms with Crippen LogP contribution in [0.5, 0.6) is 0 Å². The van der Waals surface area contributed by atoms with E-state index in [4.69, 9.17) is 0 Å². The van der Waals surface area contributed by atoms with Crippen molar-refractivity contribution in [2.45, 2.75) is 6.42 Å². The summed E-state index contributed by atoms with van der Waals surface area (Å²) in [6.07, 6.45) is 4.67. The normalized spacial score (nSPS) is 25.3. The third-order valence-electron chi connectivity index (χ3n) is 5.83. The van der Waals surface area contributed by atoms with Crippen LogP contribution in [0.4, 0.5) is 5.13 Å². The number of carboxylic acids is 1. The predicted octanol–water partition coefficient (Wildman–Crippen LogP) is 4.42. The summed E-state index contributed by atoms with van der Waals surface area (Å²) in [4.78, 5) is 29.0. The number of carboxylic acid groups (broad SMARTS) is 1. The van der Waals surface area contributed by atoms with Crippen LogP contribution in [0.15, 0.2) is 60.0 Å². The Morgan fingerprint density at radius 1 is 1.04 bits per heavy atom. The summed E-state index contributed by atoms with van der Waals surface area (Å²) in [5, 5.41) is 17.1. The first-order valence-corrected chi connectivity index (χ1v) is 10.1. The molecular formula is C22H18N2O3S. The number of allylic oxidation sites excluding steroid dienone is 2. The second kappa shape index (κ2) is 6.56. The summed E-state index contributed by atoms with van der Waals surface area (Å²) in [6, 6.07) is 14.3. The van der Waals surface area contributed by atoms with Gasteiger partial charge in [-0.05, 0) is 35.1 Å². The lowest BCUT2D eigenvalue weighted by Crippen LogP contribution is -2.36. The summed E-state index contributed by atoms with van der Waals surface area (Å²) in [7, 11) is 0. The first-order chi connectivity index (χ1) is 13.6. The van der Waals surface area contributed by atoms with E-state index in [9.17, 15) is 14.7 Å². The van der Waals surface area contributed by atoms with Crippen LogP contribution in [-0.4, -0.2) is 22.0 Å². The van der Waals surface area contributed by atoms with Gasteiger partial charge in [0.1, 0.15) is 0 Å². The zero-order chi connectivity index (χ0) is 19.3. The summed E-state index contributed by atoms with van der Waals surface area (Å²) < 4.78 is 0. The summed E-state index contributed by atoms with van der Waals surface area (Å²) in [6.45, 7) is 0. The Balaban J connectivity index is 1.37. The van der Waals surface area contributed by atoms with Gasteiger partial charge in [-0.2, -0.15) is 0 Å². The van der Waals surface area contributed by atoms with Gasteiger partial charge >= 0.3 is 5.97 Å². The lowest BCUT2D eigenvalue weighted by molar-refractivity contribution is -0.146. The van der Waals surface area contributed by atoms with Gasteiger partial charge in [-0.1, -0.05) is 48.6 Å². The van der Waals surface area contributed by atoms with Gasteiger partial charge in [-0.3, -0.25) is 9.59 Å². The summed E-state index contributed by atoms with van der Waals surface area (Å²) in [5.41, 5.74) is 1.79. The molecular weight excluding hydrogens is 372 g/mol. The van der Waals surface area contributed by atoms with Crippen LogP contribution in [0.2, 0.25) is 0 Å². The fourth-order valence-corrected chi connectivity index (χ4v) is 5.24. The van der Waals surface area contributed by atoms with Crippen molar-refractivity contribution in [3.63, 3.8) is 0 Å². The number of nitrogens with one attached hydrogen (secondary N) is 1. The van der Waals surface area contributed by atoms with Crippen molar-refractivity contribution in [1.82, 2.24) is 4.98 Å². The largest absolute Gasteiger partial charge is 0.481 e. The smallest absolute Gasteiger partial charge is 0.307 e. The van der Waals surface area contributed by atoms with E-state index in [1.165, 1.54) is 16.7 Å². The molecule has 0 radical (unpaired) electrons. The molecule has 2 aliphatic carbocycles. The lowest BCUT2D eigenvalue weighted by Gasteiger charge is -2.23. The number of thiazole rings is 1. The van der Waals surface area contributed by atoms with E-state index in [-0.39, 0.29) is 17.7 Å². The number of hydrogen-bond acceptors (Lipinski definition) is 4. The first kappa shape index (κ1) is 17.1. The highest BCUT2D eigenvalue weighted by Crippen LogP contribution is 2.48. The highest BCUT2D eigenvalue weighted by Gasteiger charge is 2.51. The predicted molar refractivity (Wildman–Crippen MR) is 109 cm³/mol. The van der Waals surface area contributed by atoms with Gasteiger partial charge in [-0.15, -0.1) is 11.3 Å². The van der Waals surface area contributed by atoms with E-state index in [1.807, 2.05) is 35.7 Å². The van der Waals surface area contributed by atoms with Crippen molar-refractivity contribution in [2.75, 3.05) is 5.32 Å². The van der Waals surface area contributed by atoms with Crippen molar-refractivity contribution in [3.8, 4) is 11.3 Å². The Hall–Kier alpha value is -2.99. The molecule has 1 heterocycles. The average Bonchev–Trinajstić information content (AvgIpc) is 3.43. The van der Waals surface area contributed by atoms with Crippen LogP contribution in [0, 0.1) is 23.7 Å². The highest BCUT2D eigenvalue weighted by atomic mass is 32.1. The van der Waals surface area contributed by atoms with Crippen molar-refractivity contribution >= 4 is 39.1 Å². The minimum atomic E-state index is -0.895. The Kier molecular flexibility index (Phi) is 4.02. The Bertz CT molecular complexity index is 1120. The number of rotatable bonds is 4. The van der Waals surface area contributed by atoms with E-state index in [2.05, 4.69) is 34.6 Å². The minimum Gasteiger partial charge on any atom is -0.481 e. The van der Waals surface area contributed by atoms with E-state index in [0.717, 1.165) is 23.1 Å². The van der Waals surface area contributed by atoms with Crippen LogP contribution in [-0.2, 0) is 9.59 Å². The van der Waals surface area contributed by atoms with Gasteiger partial charge in [0.05, 0.1) is 17.5 Å². The number of hydrogen-bond donors (Lipinski definition) is 2. The molecule has 1 aromatic heterocycles. The van der Waals surface area contributed by atoms with Gasteiger partial charge in [-0.25, -0.2) is 4.98 Å². The first-order valence-electron chi connectivity index (χ1n) is 9.27. The maximum atomic E-state index is 12.8. The van der Waals surface area contributed by atoms with Crippen LogP contribution in [0.3, 0.4) is 0 Å². The minimum absolute atomic E-state index is 0.00557. The molecule has 1 fully saturated rings. The van der Waals surface area contributed by atoms with Crippen molar-refractivity contribution < 1.29 is 14.7 Å². The Morgan fingerprint density at radius 3 is 2.57 bits per heavy atom. The molecule has 2 aromatic carbocycles. The van der Waals surface area contributed by atoms with Crippen LogP contribution in [0.1, 0.15) is 6.42 Å². The zero-order valence-corrected chi connectivity index (χ0v) is 15.7. The Morgan fingerprint density at radius 2 is 1.79 bits per heavy atom. The molecule has 1 amide bonds.